The maximum absolute atomic E-state index is 13.4. The van der Waals surface area contributed by atoms with Gasteiger partial charge in [-0.15, -0.1) is 0 Å². The van der Waals surface area contributed by atoms with Crippen LogP contribution in [0.5, 0.6) is 0 Å². The van der Waals surface area contributed by atoms with Crippen LogP contribution in [-0.4, -0.2) is 38.9 Å². The van der Waals surface area contributed by atoms with Crippen LogP contribution in [0.3, 0.4) is 0 Å². The van der Waals surface area contributed by atoms with E-state index < -0.39 is 15.8 Å². The summed E-state index contributed by atoms with van der Waals surface area (Å²) in [5.74, 6) is -0.218. The number of anilines is 1. The molecular weight excluding hydrogens is 369 g/mol. The van der Waals surface area contributed by atoms with Crippen LogP contribution in [0.15, 0.2) is 47.4 Å². The van der Waals surface area contributed by atoms with Gasteiger partial charge in [-0.3, -0.25) is 9.52 Å². The summed E-state index contributed by atoms with van der Waals surface area (Å²) in [5.41, 5.74) is 6.73. The third kappa shape index (κ3) is 4.28. The molecule has 0 spiro atoms. The van der Waals surface area contributed by atoms with Crippen LogP contribution < -0.4 is 10.5 Å². The summed E-state index contributed by atoms with van der Waals surface area (Å²) in [5, 5.41) is 0. The number of carbonyl (C=O) groups is 1. The number of hydrogen-bond donors (Lipinski definition) is 2. The van der Waals surface area contributed by atoms with Gasteiger partial charge in [0.15, 0.2) is 0 Å². The third-order valence-corrected chi connectivity index (χ3v) is 6.11. The fourth-order valence-electron chi connectivity index (χ4n) is 3.07. The SMILES string of the molecule is Cc1cc(S(=O)(=O)Nc2ccc(C(=O)N3CCC(CN)C3)cc2)ccc1F. The number of nitrogens with zero attached hydrogens (tertiary/aromatic N) is 1. The predicted octanol–water partition coefficient (Wildman–Crippen LogP) is 2.36. The first-order chi connectivity index (χ1) is 12.8. The Bertz CT molecular complexity index is 945. The fraction of sp³-hybridized carbons (Fsp3) is 0.316. The largest absolute Gasteiger partial charge is 0.338 e. The summed E-state index contributed by atoms with van der Waals surface area (Å²) in [6.45, 7) is 3.39. The second-order valence-electron chi connectivity index (χ2n) is 6.74. The zero-order valence-corrected chi connectivity index (χ0v) is 15.8. The highest BCUT2D eigenvalue weighted by atomic mass is 32.2. The number of amides is 1. The van der Waals surface area contributed by atoms with Gasteiger partial charge in [0.1, 0.15) is 5.82 Å². The Kier molecular flexibility index (Phi) is 5.48. The van der Waals surface area contributed by atoms with Gasteiger partial charge in [0, 0.05) is 24.3 Å². The summed E-state index contributed by atoms with van der Waals surface area (Å²) in [7, 11) is -3.84. The molecule has 1 unspecified atom stereocenters. The first kappa shape index (κ1) is 19.3. The molecule has 8 heteroatoms. The van der Waals surface area contributed by atoms with Crippen molar-refractivity contribution < 1.29 is 17.6 Å². The Morgan fingerprint density at radius 2 is 1.96 bits per heavy atom. The third-order valence-electron chi connectivity index (χ3n) is 4.73. The molecule has 1 saturated heterocycles. The lowest BCUT2D eigenvalue weighted by Crippen LogP contribution is -2.29. The Labute approximate surface area is 158 Å². The monoisotopic (exact) mass is 391 g/mol. The Morgan fingerprint density at radius 1 is 1.26 bits per heavy atom. The lowest BCUT2D eigenvalue weighted by atomic mass is 10.1. The van der Waals surface area contributed by atoms with Crippen molar-refractivity contribution in [2.24, 2.45) is 11.7 Å². The molecule has 1 fully saturated rings. The fourth-order valence-corrected chi connectivity index (χ4v) is 4.21. The van der Waals surface area contributed by atoms with E-state index in [0.717, 1.165) is 12.5 Å². The number of nitrogens with two attached hydrogens (primary N) is 1. The minimum absolute atomic E-state index is 0.0218. The molecule has 3 rings (SSSR count). The van der Waals surface area contributed by atoms with E-state index in [9.17, 15) is 17.6 Å². The summed E-state index contributed by atoms with van der Waals surface area (Å²) < 4.78 is 40.7. The van der Waals surface area contributed by atoms with Crippen molar-refractivity contribution >= 4 is 21.6 Å². The van der Waals surface area contributed by atoms with Gasteiger partial charge >= 0.3 is 0 Å². The first-order valence-electron chi connectivity index (χ1n) is 8.68. The van der Waals surface area contributed by atoms with E-state index in [0.29, 0.717) is 36.8 Å². The van der Waals surface area contributed by atoms with Gasteiger partial charge in [0.25, 0.3) is 15.9 Å². The first-order valence-corrected chi connectivity index (χ1v) is 10.2. The molecule has 0 radical (unpaired) electrons. The molecule has 1 amide bonds. The van der Waals surface area contributed by atoms with Crippen molar-refractivity contribution in [1.82, 2.24) is 4.90 Å². The zero-order valence-electron chi connectivity index (χ0n) is 15.0. The van der Waals surface area contributed by atoms with Crippen LogP contribution in [0, 0.1) is 18.7 Å². The van der Waals surface area contributed by atoms with Crippen molar-refractivity contribution in [2.45, 2.75) is 18.2 Å². The average Bonchev–Trinajstić information content (AvgIpc) is 3.13. The molecule has 27 heavy (non-hydrogen) atoms. The van der Waals surface area contributed by atoms with Gasteiger partial charge in [0.2, 0.25) is 0 Å². The van der Waals surface area contributed by atoms with Crippen LogP contribution >= 0.6 is 0 Å². The number of benzene rings is 2. The number of carbonyl (C=O) groups excluding carboxylic acids is 1. The van der Waals surface area contributed by atoms with Crippen molar-refractivity contribution in [2.75, 3.05) is 24.4 Å². The molecule has 1 atom stereocenters. The van der Waals surface area contributed by atoms with E-state index in [-0.39, 0.29) is 16.4 Å². The van der Waals surface area contributed by atoms with Gasteiger partial charge in [0.05, 0.1) is 4.90 Å². The van der Waals surface area contributed by atoms with Gasteiger partial charge < -0.3 is 10.6 Å². The maximum atomic E-state index is 13.4. The van der Waals surface area contributed by atoms with Gasteiger partial charge in [-0.25, -0.2) is 12.8 Å². The van der Waals surface area contributed by atoms with Gasteiger partial charge in [-0.1, -0.05) is 0 Å². The molecule has 2 aromatic rings. The average molecular weight is 391 g/mol. The van der Waals surface area contributed by atoms with E-state index in [1.807, 2.05) is 0 Å². The highest BCUT2D eigenvalue weighted by molar-refractivity contribution is 7.92. The number of hydrogen-bond acceptors (Lipinski definition) is 4. The molecule has 144 valence electrons. The van der Waals surface area contributed by atoms with Crippen molar-refractivity contribution in [3.8, 4) is 0 Å². The minimum atomic E-state index is -3.84. The smallest absolute Gasteiger partial charge is 0.261 e. The topological polar surface area (TPSA) is 92.5 Å². The number of rotatable bonds is 5. The lowest BCUT2D eigenvalue weighted by molar-refractivity contribution is 0.0787. The van der Waals surface area contributed by atoms with E-state index >= 15 is 0 Å². The number of halogens is 1. The zero-order chi connectivity index (χ0) is 19.6. The van der Waals surface area contributed by atoms with E-state index in [2.05, 4.69) is 4.72 Å². The highest BCUT2D eigenvalue weighted by Gasteiger charge is 2.26. The number of aryl methyl sites for hydroxylation is 1. The van der Waals surface area contributed by atoms with Gasteiger partial charge in [-0.2, -0.15) is 0 Å². The predicted molar refractivity (Wildman–Crippen MR) is 101 cm³/mol. The lowest BCUT2D eigenvalue weighted by Gasteiger charge is -2.16. The molecule has 0 bridgehead atoms. The van der Waals surface area contributed by atoms with E-state index in [1.165, 1.54) is 31.2 Å². The van der Waals surface area contributed by atoms with Crippen LogP contribution in [-0.2, 0) is 10.0 Å². The number of nitrogens with one attached hydrogen (secondary N) is 1. The molecule has 6 nitrogen and oxygen atoms in total. The normalized spacial score (nSPS) is 17.1. The molecule has 1 aliphatic heterocycles. The van der Waals surface area contributed by atoms with Crippen molar-refractivity contribution in [3.63, 3.8) is 0 Å². The van der Waals surface area contributed by atoms with Gasteiger partial charge in [-0.05, 0) is 73.8 Å². The van der Waals surface area contributed by atoms with Crippen molar-refractivity contribution in [3.05, 3.63) is 59.4 Å². The minimum Gasteiger partial charge on any atom is -0.338 e. The standard InChI is InChI=1S/C19H22FN3O3S/c1-13-10-17(6-7-18(13)20)27(25,26)22-16-4-2-15(3-5-16)19(24)23-9-8-14(11-21)12-23/h2-7,10,14,22H,8-9,11-12,21H2,1H3. The summed E-state index contributed by atoms with van der Waals surface area (Å²) >= 11 is 0. The Morgan fingerprint density at radius 3 is 2.56 bits per heavy atom. The Hall–Kier alpha value is -2.45. The summed E-state index contributed by atoms with van der Waals surface area (Å²) in [6.07, 6.45) is 0.900. The molecule has 1 aliphatic rings. The molecule has 0 aliphatic carbocycles. The van der Waals surface area contributed by atoms with Crippen LogP contribution in [0.1, 0.15) is 22.3 Å². The highest BCUT2D eigenvalue weighted by Crippen LogP contribution is 2.21. The maximum Gasteiger partial charge on any atom is 0.261 e. The van der Waals surface area contributed by atoms with Crippen LogP contribution in [0.4, 0.5) is 10.1 Å². The summed E-state index contributed by atoms with van der Waals surface area (Å²) in [6, 6.07) is 9.87. The summed E-state index contributed by atoms with van der Waals surface area (Å²) in [4.78, 5) is 14.2. The van der Waals surface area contributed by atoms with Crippen LogP contribution in [0.25, 0.3) is 0 Å². The van der Waals surface area contributed by atoms with E-state index in [1.54, 1.807) is 17.0 Å². The quantitative estimate of drug-likeness (QED) is 0.818. The molecule has 0 aromatic heterocycles. The molecule has 1 heterocycles. The van der Waals surface area contributed by atoms with Crippen molar-refractivity contribution in [1.29, 1.82) is 0 Å². The second kappa shape index (κ2) is 7.66. The number of likely N-dealkylation sites (tertiary alicyclic amines) is 1. The molecule has 3 N–H and O–H groups in total. The molecule has 2 aromatic carbocycles. The van der Waals surface area contributed by atoms with Crippen LogP contribution in [0.2, 0.25) is 0 Å². The van der Waals surface area contributed by atoms with E-state index in [4.69, 9.17) is 5.73 Å². The Balaban J connectivity index is 1.72. The molecular formula is C19H22FN3O3S. The molecule has 0 saturated carbocycles. The second-order valence-corrected chi connectivity index (χ2v) is 8.42. The number of sulfonamides is 1.